The number of fused-ring (bicyclic) bond motifs is 3. The van der Waals surface area contributed by atoms with Crippen LogP contribution < -0.4 is 4.72 Å². The molecule has 2 atom stereocenters. The lowest BCUT2D eigenvalue weighted by atomic mass is 9.72. The Morgan fingerprint density at radius 1 is 1.12 bits per heavy atom. The van der Waals surface area contributed by atoms with E-state index in [4.69, 9.17) is 16.6 Å². The lowest BCUT2D eigenvalue weighted by Gasteiger charge is -2.46. The first-order valence-corrected chi connectivity index (χ1v) is 15.9. The highest BCUT2D eigenvalue weighted by molar-refractivity contribution is 7.87. The third kappa shape index (κ3) is 4.88. The summed E-state index contributed by atoms with van der Waals surface area (Å²) in [6.45, 7) is -1.57. The number of hydrogen-bond donors (Lipinski definition) is 1. The first-order valence-electron chi connectivity index (χ1n) is 13.2. The van der Waals surface area contributed by atoms with Gasteiger partial charge in [0.05, 0.1) is 5.69 Å². The van der Waals surface area contributed by atoms with E-state index in [1.54, 1.807) is 11.6 Å². The SMILES string of the molecule is O=S(=O)(NC1CC2=C(c3ccn(C(F)F)n3)[C@H](c3ccc(F)cc3Cl)N=C(c3nccs3)N2C1)N1CC2CC(C2)C1. The normalized spacial score (nSPS) is 26.4. The van der Waals surface area contributed by atoms with Crippen molar-refractivity contribution in [3.63, 3.8) is 0 Å². The molecule has 0 amide bonds. The molecule has 4 aliphatic heterocycles. The molecule has 216 valence electrons. The molecule has 1 aromatic carbocycles. The van der Waals surface area contributed by atoms with Crippen LogP contribution >= 0.6 is 22.9 Å². The quantitative estimate of drug-likeness (QED) is 0.412. The number of benzene rings is 1. The molecular formula is C26H25ClF3N7O2S2. The van der Waals surface area contributed by atoms with Gasteiger partial charge in [0.15, 0.2) is 10.8 Å². The van der Waals surface area contributed by atoms with Gasteiger partial charge in [-0.15, -0.1) is 11.3 Å². The summed E-state index contributed by atoms with van der Waals surface area (Å²) in [6.07, 6.45) is 5.23. The highest BCUT2D eigenvalue weighted by Crippen LogP contribution is 2.46. The predicted molar refractivity (Wildman–Crippen MR) is 148 cm³/mol. The Hall–Kier alpha value is -2.78. The summed E-state index contributed by atoms with van der Waals surface area (Å²) in [5, 5.41) is 6.65. The van der Waals surface area contributed by atoms with Crippen LogP contribution in [0.1, 0.15) is 48.1 Å². The van der Waals surface area contributed by atoms with Crippen molar-refractivity contribution in [3.8, 4) is 0 Å². The van der Waals surface area contributed by atoms with Crippen molar-refractivity contribution in [1.29, 1.82) is 0 Å². The fourth-order valence-corrected chi connectivity index (χ4v) is 8.79. The van der Waals surface area contributed by atoms with E-state index >= 15 is 0 Å². The minimum atomic E-state index is -3.75. The minimum absolute atomic E-state index is 0.121. The maximum atomic E-state index is 14.0. The highest BCUT2D eigenvalue weighted by atomic mass is 35.5. The van der Waals surface area contributed by atoms with Crippen LogP contribution in [0.2, 0.25) is 5.02 Å². The highest BCUT2D eigenvalue weighted by Gasteiger charge is 2.45. The van der Waals surface area contributed by atoms with Gasteiger partial charge in [0, 0.05) is 71.7 Å². The Balaban J connectivity index is 1.32. The van der Waals surface area contributed by atoms with Crippen LogP contribution in [0, 0.1) is 17.7 Å². The summed E-state index contributed by atoms with van der Waals surface area (Å²) in [5.41, 5.74) is 1.88. The van der Waals surface area contributed by atoms with Gasteiger partial charge in [0.1, 0.15) is 11.9 Å². The molecule has 1 aliphatic carbocycles. The van der Waals surface area contributed by atoms with Gasteiger partial charge in [-0.25, -0.2) is 14.1 Å². The van der Waals surface area contributed by atoms with E-state index < -0.39 is 34.7 Å². The maximum absolute atomic E-state index is 14.0. The molecule has 1 saturated carbocycles. The molecule has 15 heteroatoms. The van der Waals surface area contributed by atoms with Crippen molar-refractivity contribution in [2.75, 3.05) is 19.6 Å². The van der Waals surface area contributed by atoms with Crippen molar-refractivity contribution >= 4 is 44.6 Å². The fourth-order valence-electron chi connectivity index (χ4n) is 6.34. The van der Waals surface area contributed by atoms with Crippen LogP contribution in [0.5, 0.6) is 0 Å². The maximum Gasteiger partial charge on any atom is 0.333 e. The van der Waals surface area contributed by atoms with Crippen LogP contribution in [0.4, 0.5) is 13.2 Å². The number of aliphatic imine (C=N–C) groups is 1. The largest absolute Gasteiger partial charge is 0.333 e. The molecule has 9 nitrogen and oxygen atoms in total. The van der Waals surface area contributed by atoms with Crippen LogP contribution in [-0.4, -0.2) is 63.9 Å². The van der Waals surface area contributed by atoms with Crippen molar-refractivity contribution in [2.24, 2.45) is 16.8 Å². The molecule has 41 heavy (non-hydrogen) atoms. The number of alkyl halides is 2. The fraction of sp³-hybridized carbons (Fsp3) is 0.423. The summed E-state index contributed by atoms with van der Waals surface area (Å²) in [5.74, 6) is 0.786. The first kappa shape index (κ1) is 27.1. The van der Waals surface area contributed by atoms with Gasteiger partial charge in [-0.05, 0) is 42.9 Å². The number of halogens is 4. The summed E-state index contributed by atoms with van der Waals surface area (Å²) in [7, 11) is -3.75. The van der Waals surface area contributed by atoms with Gasteiger partial charge in [-0.1, -0.05) is 17.7 Å². The second-order valence-corrected chi connectivity index (χ2v) is 13.8. The van der Waals surface area contributed by atoms with E-state index in [9.17, 15) is 21.6 Å². The van der Waals surface area contributed by atoms with Crippen molar-refractivity contribution in [3.05, 3.63) is 74.8 Å². The molecule has 0 radical (unpaired) electrons. The van der Waals surface area contributed by atoms with Crippen LogP contribution in [-0.2, 0) is 10.2 Å². The van der Waals surface area contributed by atoms with Gasteiger partial charge in [0.2, 0.25) is 0 Å². The Morgan fingerprint density at radius 3 is 2.56 bits per heavy atom. The zero-order chi connectivity index (χ0) is 28.5. The standard InChI is InChI=1S/C26H25ClF3N7O2S2/c27-19-9-16(28)1-2-18(19)23-22(20-3-5-37(33-20)26(29)30)21-10-17(13-36(21)24(32-23)25-31-4-6-40-25)34-41(38,39)35-11-14-7-15(8-14)12-35/h1-6,9,14-15,17,23,26,34H,7-8,10-13H2/t14?,15?,17?,23-/m0/s1. The molecule has 5 aliphatic rings. The Labute approximate surface area is 243 Å². The summed E-state index contributed by atoms with van der Waals surface area (Å²) in [4.78, 5) is 11.3. The average molecular weight is 624 g/mol. The first-order chi connectivity index (χ1) is 19.7. The average Bonchev–Trinajstić information content (AvgIpc) is 3.68. The zero-order valence-corrected chi connectivity index (χ0v) is 23.9. The molecule has 4 fully saturated rings. The number of thiazole rings is 1. The van der Waals surface area contributed by atoms with E-state index in [0.29, 0.717) is 57.3 Å². The summed E-state index contributed by atoms with van der Waals surface area (Å²) in [6, 6.07) is 4.09. The number of amidine groups is 1. The van der Waals surface area contributed by atoms with Gasteiger partial charge in [0.25, 0.3) is 10.2 Å². The molecule has 3 saturated heterocycles. The smallest absolute Gasteiger partial charge is 0.326 e. The Morgan fingerprint density at radius 2 is 1.90 bits per heavy atom. The van der Waals surface area contributed by atoms with E-state index in [1.807, 2.05) is 4.90 Å². The molecule has 0 spiro atoms. The van der Waals surface area contributed by atoms with Crippen molar-refractivity contribution < 1.29 is 21.6 Å². The third-order valence-corrected chi connectivity index (χ3v) is 10.8. The van der Waals surface area contributed by atoms with E-state index in [1.165, 1.54) is 46.1 Å². The number of hydrogen-bond acceptors (Lipinski definition) is 7. The number of rotatable bonds is 7. The monoisotopic (exact) mass is 623 g/mol. The topological polar surface area (TPSA) is 95.7 Å². The molecule has 8 rings (SSSR count). The number of piperidine rings is 2. The van der Waals surface area contributed by atoms with Crippen molar-refractivity contribution in [2.45, 2.75) is 37.9 Å². The lowest BCUT2D eigenvalue weighted by Crippen LogP contribution is -2.55. The van der Waals surface area contributed by atoms with E-state index in [-0.39, 0.29) is 23.7 Å². The number of nitrogens with zero attached hydrogens (tertiary/aromatic N) is 6. The van der Waals surface area contributed by atoms with Crippen LogP contribution in [0.3, 0.4) is 0 Å². The van der Waals surface area contributed by atoms with Gasteiger partial charge >= 0.3 is 6.55 Å². The minimum Gasteiger partial charge on any atom is -0.326 e. The van der Waals surface area contributed by atoms with Gasteiger partial charge in [-0.3, -0.25) is 4.99 Å². The third-order valence-electron chi connectivity index (χ3n) is 8.14. The molecular weight excluding hydrogens is 599 g/mol. The number of aromatic nitrogens is 3. The molecule has 1 unspecified atom stereocenters. The lowest BCUT2D eigenvalue weighted by molar-refractivity contribution is 0.0564. The molecule has 1 N–H and O–H groups in total. The van der Waals surface area contributed by atoms with Crippen LogP contribution in [0.25, 0.3) is 5.57 Å². The molecule has 3 aromatic rings. The second kappa shape index (κ2) is 10.2. The predicted octanol–water partition coefficient (Wildman–Crippen LogP) is 4.69. The van der Waals surface area contributed by atoms with Gasteiger partial charge in [-0.2, -0.15) is 31.3 Å². The summed E-state index contributed by atoms with van der Waals surface area (Å²) >= 11 is 7.87. The summed E-state index contributed by atoms with van der Waals surface area (Å²) < 4.78 is 72.9. The zero-order valence-electron chi connectivity index (χ0n) is 21.5. The Kier molecular flexibility index (Phi) is 6.73. The molecule has 2 bridgehead atoms. The molecule has 6 heterocycles. The van der Waals surface area contributed by atoms with E-state index in [0.717, 1.165) is 12.8 Å². The van der Waals surface area contributed by atoms with Gasteiger partial charge < -0.3 is 4.90 Å². The Bertz CT molecular complexity index is 1640. The van der Waals surface area contributed by atoms with Crippen LogP contribution in [0.15, 0.2) is 52.7 Å². The van der Waals surface area contributed by atoms with E-state index in [2.05, 4.69) is 14.8 Å². The second-order valence-electron chi connectivity index (χ2n) is 10.8. The number of nitrogens with one attached hydrogen (secondary N) is 1. The molecule has 2 aromatic heterocycles. The van der Waals surface area contributed by atoms with Crippen molar-refractivity contribution in [1.82, 2.24) is 28.7 Å².